The summed E-state index contributed by atoms with van der Waals surface area (Å²) in [7, 11) is 0. The summed E-state index contributed by atoms with van der Waals surface area (Å²) in [5, 5.41) is 5.04. The Balaban J connectivity index is 2.09. The third-order valence-corrected chi connectivity index (χ3v) is 4.07. The zero-order chi connectivity index (χ0) is 10.3. The normalized spacial score (nSPS) is 21.2. The summed E-state index contributed by atoms with van der Waals surface area (Å²) >= 11 is 1.97. The van der Waals surface area contributed by atoms with E-state index in [-0.39, 0.29) is 0 Å². The van der Waals surface area contributed by atoms with Crippen molar-refractivity contribution in [1.29, 1.82) is 0 Å². The quantitative estimate of drug-likeness (QED) is 0.797. The molecule has 1 aliphatic heterocycles. The lowest BCUT2D eigenvalue weighted by Crippen LogP contribution is -1.99. The van der Waals surface area contributed by atoms with Crippen LogP contribution in [0.2, 0.25) is 0 Å². The van der Waals surface area contributed by atoms with Gasteiger partial charge in [-0.25, -0.2) is 4.98 Å². The van der Waals surface area contributed by atoms with Crippen LogP contribution in [0.4, 0.5) is 5.82 Å². The molecule has 15 heavy (non-hydrogen) atoms. The Kier molecular flexibility index (Phi) is 2.05. The highest BCUT2D eigenvalue weighted by atomic mass is 32.2. The smallest absolute Gasteiger partial charge is 0.157 e. The number of thioether (sulfide) groups is 1. The van der Waals surface area contributed by atoms with Crippen molar-refractivity contribution in [3.05, 3.63) is 24.0 Å². The number of rotatable bonds is 1. The Morgan fingerprint density at radius 3 is 3.20 bits per heavy atom. The van der Waals surface area contributed by atoms with E-state index in [4.69, 9.17) is 5.73 Å². The van der Waals surface area contributed by atoms with E-state index in [1.54, 1.807) is 16.8 Å². The molecule has 0 aliphatic carbocycles. The SMILES string of the molecule is Nc1ccnc2cc(C3CCCS3)nn12. The third-order valence-electron chi connectivity index (χ3n) is 2.67. The van der Waals surface area contributed by atoms with E-state index < -0.39 is 0 Å². The maximum atomic E-state index is 5.82. The Hall–Kier alpha value is -1.23. The van der Waals surface area contributed by atoms with Gasteiger partial charge in [-0.05, 0) is 24.7 Å². The number of nitrogens with zero attached hydrogens (tertiary/aromatic N) is 3. The van der Waals surface area contributed by atoms with E-state index >= 15 is 0 Å². The van der Waals surface area contributed by atoms with Gasteiger partial charge in [0.25, 0.3) is 0 Å². The molecule has 0 aromatic carbocycles. The van der Waals surface area contributed by atoms with Gasteiger partial charge in [0.15, 0.2) is 5.65 Å². The Labute approximate surface area is 91.9 Å². The highest BCUT2D eigenvalue weighted by Gasteiger charge is 2.20. The van der Waals surface area contributed by atoms with Gasteiger partial charge in [-0.2, -0.15) is 21.4 Å². The largest absolute Gasteiger partial charge is 0.384 e. The van der Waals surface area contributed by atoms with Crippen molar-refractivity contribution in [1.82, 2.24) is 14.6 Å². The summed E-state index contributed by atoms with van der Waals surface area (Å²) in [6.07, 6.45) is 4.22. The molecule has 1 unspecified atom stereocenters. The number of anilines is 1. The monoisotopic (exact) mass is 220 g/mol. The summed E-state index contributed by atoms with van der Waals surface area (Å²) in [4.78, 5) is 4.25. The van der Waals surface area contributed by atoms with Crippen molar-refractivity contribution in [2.75, 3.05) is 11.5 Å². The van der Waals surface area contributed by atoms with E-state index in [0.29, 0.717) is 11.1 Å². The number of nitrogen functional groups attached to an aromatic ring is 1. The molecule has 1 saturated heterocycles. The fourth-order valence-corrected chi connectivity index (χ4v) is 3.14. The van der Waals surface area contributed by atoms with E-state index in [0.717, 1.165) is 11.3 Å². The predicted octanol–water partition coefficient (Wildman–Crippen LogP) is 1.88. The fraction of sp³-hybridized carbons (Fsp3) is 0.400. The lowest BCUT2D eigenvalue weighted by atomic mass is 10.2. The predicted molar refractivity (Wildman–Crippen MR) is 61.8 cm³/mol. The molecule has 3 rings (SSSR count). The van der Waals surface area contributed by atoms with Crippen LogP contribution in [0, 0.1) is 0 Å². The van der Waals surface area contributed by atoms with Gasteiger partial charge >= 0.3 is 0 Å². The molecule has 3 heterocycles. The molecule has 0 spiro atoms. The summed E-state index contributed by atoms with van der Waals surface area (Å²) in [5.41, 5.74) is 7.78. The number of aromatic nitrogens is 3. The Morgan fingerprint density at radius 1 is 1.53 bits per heavy atom. The maximum absolute atomic E-state index is 5.82. The van der Waals surface area contributed by atoms with E-state index in [2.05, 4.69) is 10.1 Å². The lowest BCUT2D eigenvalue weighted by molar-refractivity contribution is 0.787. The zero-order valence-corrected chi connectivity index (χ0v) is 9.07. The second-order valence-corrected chi connectivity index (χ2v) is 5.02. The van der Waals surface area contributed by atoms with Crippen molar-refractivity contribution < 1.29 is 0 Å². The van der Waals surface area contributed by atoms with Crippen LogP contribution in [-0.2, 0) is 0 Å². The van der Waals surface area contributed by atoms with Crippen LogP contribution in [0.25, 0.3) is 5.65 Å². The van der Waals surface area contributed by atoms with Gasteiger partial charge in [-0.1, -0.05) is 0 Å². The van der Waals surface area contributed by atoms with Crippen LogP contribution in [0.3, 0.4) is 0 Å². The first-order valence-electron chi connectivity index (χ1n) is 5.06. The molecule has 2 N–H and O–H groups in total. The molecule has 2 aromatic rings. The average molecular weight is 220 g/mol. The lowest BCUT2D eigenvalue weighted by Gasteiger charge is -2.01. The summed E-state index contributed by atoms with van der Waals surface area (Å²) < 4.78 is 1.72. The fourth-order valence-electron chi connectivity index (χ4n) is 1.90. The highest BCUT2D eigenvalue weighted by molar-refractivity contribution is 7.99. The minimum atomic E-state index is 0.533. The van der Waals surface area contributed by atoms with Gasteiger partial charge in [-0.3, -0.25) is 0 Å². The van der Waals surface area contributed by atoms with Gasteiger partial charge in [0.2, 0.25) is 0 Å². The number of nitrogens with two attached hydrogens (primary N) is 1. The molecule has 1 atom stereocenters. The third kappa shape index (κ3) is 1.47. The van der Waals surface area contributed by atoms with Gasteiger partial charge in [0.1, 0.15) is 5.82 Å². The Morgan fingerprint density at radius 2 is 2.47 bits per heavy atom. The molecule has 1 aliphatic rings. The van der Waals surface area contributed by atoms with Gasteiger partial charge in [0, 0.05) is 17.5 Å². The standard InChI is InChI=1S/C10H12N4S/c11-9-3-4-12-10-6-7(13-14(9)10)8-2-1-5-15-8/h3-4,6,8H,1-2,5,11H2. The minimum Gasteiger partial charge on any atom is -0.384 e. The molecule has 2 aromatic heterocycles. The van der Waals surface area contributed by atoms with Crippen LogP contribution in [-0.4, -0.2) is 20.4 Å². The number of fused-ring (bicyclic) bond motifs is 1. The molecule has 1 fully saturated rings. The molecule has 0 bridgehead atoms. The number of hydrogen-bond donors (Lipinski definition) is 1. The van der Waals surface area contributed by atoms with Crippen molar-refractivity contribution in [2.45, 2.75) is 18.1 Å². The molecule has 0 saturated carbocycles. The van der Waals surface area contributed by atoms with Gasteiger partial charge < -0.3 is 5.73 Å². The second kappa shape index (κ2) is 3.41. The van der Waals surface area contributed by atoms with Gasteiger partial charge in [0.05, 0.1) is 5.69 Å². The number of hydrogen-bond acceptors (Lipinski definition) is 4. The molecule has 0 amide bonds. The van der Waals surface area contributed by atoms with E-state index in [1.807, 2.05) is 17.8 Å². The summed E-state index contributed by atoms with van der Waals surface area (Å²) in [5.74, 6) is 1.88. The van der Waals surface area contributed by atoms with Crippen LogP contribution < -0.4 is 5.73 Å². The molecule has 0 radical (unpaired) electrons. The maximum Gasteiger partial charge on any atom is 0.157 e. The van der Waals surface area contributed by atoms with E-state index in [9.17, 15) is 0 Å². The van der Waals surface area contributed by atoms with Crippen LogP contribution in [0.15, 0.2) is 18.3 Å². The topological polar surface area (TPSA) is 56.2 Å². The second-order valence-electron chi connectivity index (χ2n) is 3.71. The molecule has 4 nitrogen and oxygen atoms in total. The van der Waals surface area contributed by atoms with Crippen LogP contribution in [0.5, 0.6) is 0 Å². The summed E-state index contributed by atoms with van der Waals surface area (Å²) in [6.45, 7) is 0. The van der Waals surface area contributed by atoms with Crippen molar-refractivity contribution >= 4 is 23.2 Å². The average Bonchev–Trinajstić information content (AvgIpc) is 2.86. The van der Waals surface area contributed by atoms with Crippen molar-refractivity contribution in [3.63, 3.8) is 0 Å². The molecular formula is C10H12N4S. The first kappa shape index (κ1) is 9.03. The molecular weight excluding hydrogens is 208 g/mol. The zero-order valence-electron chi connectivity index (χ0n) is 8.26. The van der Waals surface area contributed by atoms with E-state index in [1.165, 1.54) is 18.6 Å². The highest BCUT2D eigenvalue weighted by Crippen LogP contribution is 2.39. The summed E-state index contributed by atoms with van der Waals surface area (Å²) in [6, 6.07) is 3.81. The molecule has 78 valence electrons. The van der Waals surface area contributed by atoms with Crippen LogP contribution >= 0.6 is 11.8 Å². The van der Waals surface area contributed by atoms with Crippen molar-refractivity contribution in [3.8, 4) is 0 Å². The van der Waals surface area contributed by atoms with Crippen molar-refractivity contribution in [2.24, 2.45) is 0 Å². The van der Waals surface area contributed by atoms with Gasteiger partial charge in [-0.15, -0.1) is 0 Å². The molecule has 5 heteroatoms. The first-order chi connectivity index (χ1) is 7.34. The first-order valence-corrected chi connectivity index (χ1v) is 6.11. The Bertz CT molecular complexity index is 487. The minimum absolute atomic E-state index is 0.533. The van der Waals surface area contributed by atoms with Crippen LogP contribution in [0.1, 0.15) is 23.8 Å².